The summed E-state index contributed by atoms with van der Waals surface area (Å²) in [4.78, 5) is 11.9. The molecule has 1 N–H and O–H groups in total. The lowest BCUT2D eigenvalue weighted by Crippen LogP contribution is -2.07. The first-order chi connectivity index (χ1) is 10.3. The Morgan fingerprint density at radius 2 is 1.95 bits per heavy atom. The van der Waals surface area contributed by atoms with Gasteiger partial charge in [0.2, 0.25) is 11.0 Å². The third kappa shape index (κ3) is 3.76. The Labute approximate surface area is 127 Å². The molecular weight excluding hydrogens is 282 g/mol. The van der Waals surface area contributed by atoms with Crippen molar-refractivity contribution in [2.24, 2.45) is 0 Å². The van der Waals surface area contributed by atoms with E-state index in [0.29, 0.717) is 11.0 Å². The number of nitrogens with one attached hydrogen (secondary N) is 1. The molecule has 0 unspecified atom stereocenters. The van der Waals surface area contributed by atoms with Crippen molar-refractivity contribution in [1.29, 1.82) is 0 Å². The molecule has 1 aliphatic rings. The second-order valence-corrected chi connectivity index (χ2v) is 6.17. The van der Waals surface area contributed by atoms with E-state index in [1.807, 2.05) is 30.3 Å². The van der Waals surface area contributed by atoms with Crippen LogP contribution in [0.3, 0.4) is 0 Å². The van der Waals surface area contributed by atoms with Gasteiger partial charge in [0.25, 0.3) is 0 Å². The predicted octanol–water partition coefficient (Wildman–Crippen LogP) is 3.85. The van der Waals surface area contributed by atoms with Crippen molar-refractivity contribution >= 4 is 28.5 Å². The largest absolute Gasteiger partial charge is 0.297 e. The molecule has 21 heavy (non-hydrogen) atoms. The maximum atomic E-state index is 11.9. The van der Waals surface area contributed by atoms with Crippen molar-refractivity contribution in [3.8, 4) is 0 Å². The number of benzene rings is 1. The number of rotatable bonds is 4. The molecule has 1 aromatic carbocycles. The summed E-state index contributed by atoms with van der Waals surface area (Å²) in [6.07, 6.45) is 8.23. The molecular formula is C16H17N3OS. The zero-order valence-electron chi connectivity index (χ0n) is 11.7. The first kappa shape index (κ1) is 13.9. The highest BCUT2D eigenvalue weighted by Crippen LogP contribution is 2.36. The molecule has 0 saturated heterocycles. The first-order valence-electron chi connectivity index (χ1n) is 7.19. The molecule has 1 saturated carbocycles. The average molecular weight is 299 g/mol. The van der Waals surface area contributed by atoms with Crippen LogP contribution < -0.4 is 5.32 Å². The molecule has 1 aliphatic carbocycles. The van der Waals surface area contributed by atoms with Gasteiger partial charge in [-0.05, 0) is 24.5 Å². The summed E-state index contributed by atoms with van der Waals surface area (Å²) >= 11 is 1.49. The van der Waals surface area contributed by atoms with E-state index in [0.717, 1.165) is 10.6 Å². The summed E-state index contributed by atoms with van der Waals surface area (Å²) in [7, 11) is 0. The average Bonchev–Trinajstić information content (AvgIpc) is 3.17. The van der Waals surface area contributed by atoms with E-state index in [1.54, 1.807) is 6.08 Å². The summed E-state index contributed by atoms with van der Waals surface area (Å²) in [5.41, 5.74) is 0.997. The Kier molecular flexibility index (Phi) is 4.40. The number of carbonyl (C=O) groups excluding carboxylic acids is 1. The summed E-state index contributed by atoms with van der Waals surface area (Å²) in [5.74, 6) is 0.362. The minimum Gasteiger partial charge on any atom is -0.297 e. The molecule has 4 nitrogen and oxygen atoms in total. The van der Waals surface area contributed by atoms with E-state index in [-0.39, 0.29) is 5.91 Å². The van der Waals surface area contributed by atoms with E-state index in [2.05, 4.69) is 15.5 Å². The molecule has 0 radical (unpaired) electrons. The molecule has 0 spiro atoms. The van der Waals surface area contributed by atoms with E-state index >= 15 is 0 Å². The second-order valence-electron chi connectivity index (χ2n) is 5.16. The molecule has 2 aromatic rings. The fourth-order valence-corrected chi connectivity index (χ4v) is 3.42. The van der Waals surface area contributed by atoms with E-state index in [4.69, 9.17) is 0 Å². The smallest absolute Gasteiger partial charge is 0.250 e. The zero-order valence-corrected chi connectivity index (χ0v) is 12.5. The molecule has 1 heterocycles. The first-order valence-corrected chi connectivity index (χ1v) is 8.00. The van der Waals surface area contributed by atoms with Crippen LogP contribution in [0.15, 0.2) is 36.4 Å². The van der Waals surface area contributed by atoms with Crippen LogP contribution in [-0.4, -0.2) is 16.1 Å². The van der Waals surface area contributed by atoms with Crippen LogP contribution in [0.1, 0.15) is 42.2 Å². The fourth-order valence-electron chi connectivity index (χ4n) is 2.51. The highest BCUT2D eigenvalue weighted by molar-refractivity contribution is 7.15. The third-order valence-corrected chi connectivity index (χ3v) is 4.60. The monoisotopic (exact) mass is 299 g/mol. The molecule has 108 valence electrons. The lowest BCUT2D eigenvalue weighted by Gasteiger charge is -2.00. The predicted molar refractivity (Wildman–Crippen MR) is 85.2 cm³/mol. The SMILES string of the molecule is O=C(/C=C/c1ccccc1)Nc1nnc(C2CCCC2)s1. The molecule has 1 aromatic heterocycles. The van der Waals surface area contributed by atoms with Gasteiger partial charge in [0.15, 0.2) is 0 Å². The maximum absolute atomic E-state index is 11.9. The van der Waals surface area contributed by atoms with Gasteiger partial charge in [-0.15, -0.1) is 10.2 Å². The minimum absolute atomic E-state index is 0.173. The van der Waals surface area contributed by atoms with Crippen molar-refractivity contribution in [2.45, 2.75) is 31.6 Å². The van der Waals surface area contributed by atoms with Crippen LogP contribution in [0.4, 0.5) is 5.13 Å². The molecule has 0 atom stereocenters. The van der Waals surface area contributed by atoms with Gasteiger partial charge in [0.05, 0.1) is 0 Å². The van der Waals surface area contributed by atoms with Crippen LogP contribution in [-0.2, 0) is 4.79 Å². The summed E-state index contributed by atoms with van der Waals surface area (Å²) in [5, 5.41) is 12.7. The molecule has 5 heteroatoms. The highest BCUT2D eigenvalue weighted by Gasteiger charge is 2.21. The molecule has 1 amide bonds. The Morgan fingerprint density at radius 3 is 2.71 bits per heavy atom. The van der Waals surface area contributed by atoms with Gasteiger partial charge in [-0.25, -0.2) is 0 Å². The Morgan fingerprint density at radius 1 is 1.19 bits per heavy atom. The van der Waals surface area contributed by atoms with Crippen LogP contribution >= 0.6 is 11.3 Å². The topological polar surface area (TPSA) is 54.9 Å². The van der Waals surface area contributed by atoms with Crippen LogP contribution in [0, 0.1) is 0 Å². The second kappa shape index (κ2) is 6.63. The van der Waals surface area contributed by atoms with Crippen molar-refractivity contribution in [1.82, 2.24) is 10.2 Å². The van der Waals surface area contributed by atoms with Crippen LogP contribution in [0.5, 0.6) is 0 Å². The minimum atomic E-state index is -0.173. The number of hydrogen-bond donors (Lipinski definition) is 1. The maximum Gasteiger partial charge on any atom is 0.250 e. The highest BCUT2D eigenvalue weighted by atomic mass is 32.1. The standard InChI is InChI=1S/C16H17N3OS/c20-14(11-10-12-6-2-1-3-7-12)17-16-19-18-15(21-16)13-8-4-5-9-13/h1-3,6-7,10-11,13H,4-5,8-9H2,(H,17,19,20)/b11-10+. The number of anilines is 1. The number of aromatic nitrogens is 2. The van der Waals surface area contributed by atoms with E-state index in [9.17, 15) is 4.79 Å². The summed E-state index contributed by atoms with van der Waals surface area (Å²) < 4.78 is 0. The quantitative estimate of drug-likeness (QED) is 0.872. The Bertz CT molecular complexity index is 630. The van der Waals surface area contributed by atoms with Gasteiger partial charge >= 0.3 is 0 Å². The van der Waals surface area contributed by atoms with Gasteiger partial charge in [0.1, 0.15) is 5.01 Å². The number of nitrogens with zero attached hydrogens (tertiary/aromatic N) is 2. The van der Waals surface area contributed by atoms with Gasteiger partial charge in [-0.2, -0.15) is 0 Å². The molecule has 1 fully saturated rings. The van der Waals surface area contributed by atoms with Gasteiger partial charge in [0, 0.05) is 12.0 Å². The molecule has 0 bridgehead atoms. The van der Waals surface area contributed by atoms with Crippen molar-refractivity contribution in [3.63, 3.8) is 0 Å². The van der Waals surface area contributed by atoms with Crippen LogP contribution in [0.2, 0.25) is 0 Å². The van der Waals surface area contributed by atoms with Gasteiger partial charge < -0.3 is 0 Å². The van der Waals surface area contributed by atoms with Crippen molar-refractivity contribution in [3.05, 3.63) is 47.0 Å². The van der Waals surface area contributed by atoms with Gasteiger partial charge in [-0.3, -0.25) is 10.1 Å². The Balaban J connectivity index is 1.58. The summed E-state index contributed by atoms with van der Waals surface area (Å²) in [6.45, 7) is 0. The number of carbonyl (C=O) groups is 1. The number of amides is 1. The summed E-state index contributed by atoms with van der Waals surface area (Å²) in [6, 6.07) is 9.73. The van der Waals surface area contributed by atoms with Crippen LogP contribution in [0.25, 0.3) is 6.08 Å². The lowest BCUT2D eigenvalue weighted by atomic mass is 10.1. The van der Waals surface area contributed by atoms with Crippen molar-refractivity contribution < 1.29 is 4.79 Å². The number of hydrogen-bond acceptors (Lipinski definition) is 4. The Hall–Kier alpha value is -2.01. The van der Waals surface area contributed by atoms with Crippen molar-refractivity contribution in [2.75, 3.05) is 5.32 Å². The fraction of sp³-hybridized carbons (Fsp3) is 0.312. The molecule has 3 rings (SSSR count). The zero-order chi connectivity index (χ0) is 14.5. The lowest BCUT2D eigenvalue weighted by molar-refractivity contribution is -0.111. The normalized spacial score (nSPS) is 15.6. The van der Waals surface area contributed by atoms with E-state index < -0.39 is 0 Å². The van der Waals surface area contributed by atoms with E-state index in [1.165, 1.54) is 43.1 Å². The molecule has 0 aliphatic heterocycles. The van der Waals surface area contributed by atoms with Gasteiger partial charge in [-0.1, -0.05) is 54.5 Å². The third-order valence-electron chi connectivity index (χ3n) is 3.60.